The van der Waals surface area contributed by atoms with Crippen LogP contribution in [0.5, 0.6) is 5.75 Å². The molecule has 2 aromatic heterocycles. The molecule has 7 heteroatoms. The van der Waals surface area contributed by atoms with Crippen LogP contribution in [0.25, 0.3) is 22.3 Å². The Labute approximate surface area is 177 Å². The molecule has 6 nitrogen and oxygen atoms in total. The number of fused-ring (bicyclic) bond motifs is 1. The van der Waals surface area contributed by atoms with Gasteiger partial charge in [-0.3, -0.25) is 0 Å². The molecule has 1 aliphatic heterocycles. The van der Waals surface area contributed by atoms with Crippen molar-refractivity contribution in [3.63, 3.8) is 0 Å². The number of allylic oxidation sites excluding steroid dienone is 3. The zero-order valence-electron chi connectivity index (χ0n) is 17.3. The predicted molar refractivity (Wildman–Crippen MR) is 122 cm³/mol. The van der Waals surface area contributed by atoms with Crippen molar-refractivity contribution in [3.8, 4) is 29.4 Å². The van der Waals surface area contributed by atoms with E-state index in [1.165, 1.54) is 0 Å². The van der Waals surface area contributed by atoms with Crippen LogP contribution in [0.15, 0.2) is 60.8 Å². The number of hydrogen-bond donors (Lipinski definition) is 0. The Hall–Kier alpha value is -3.37. The lowest BCUT2D eigenvalue weighted by atomic mass is 10.0. The van der Waals surface area contributed by atoms with Gasteiger partial charge in [-0.1, -0.05) is 5.92 Å². The highest BCUT2D eigenvalue weighted by Gasteiger charge is 2.23. The van der Waals surface area contributed by atoms with Gasteiger partial charge in [0.05, 0.1) is 11.4 Å². The highest BCUT2D eigenvalue weighted by Crippen LogP contribution is 2.31. The first-order chi connectivity index (χ1) is 14.7. The van der Waals surface area contributed by atoms with Gasteiger partial charge in [-0.15, -0.1) is 6.42 Å². The van der Waals surface area contributed by atoms with Crippen LogP contribution in [0.1, 0.15) is 25.8 Å². The average Bonchev–Trinajstić information content (AvgIpc) is 3.17. The van der Waals surface area contributed by atoms with E-state index in [-0.39, 0.29) is 0 Å². The molecule has 1 atom stereocenters. The molecule has 0 unspecified atom stereocenters. The number of rotatable bonds is 5. The minimum atomic E-state index is 0.317. The largest absolute Gasteiger partial charge is 0.458 e. The number of aromatic nitrogens is 4. The Morgan fingerprint density at radius 2 is 2.17 bits per heavy atom. The van der Waals surface area contributed by atoms with Crippen molar-refractivity contribution in [1.29, 1.82) is 0 Å². The summed E-state index contributed by atoms with van der Waals surface area (Å²) in [5.74, 6) is 3.91. The lowest BCUT2D eigenvalue weighted by Gasteiger charge is -2.30. The van der Waals surface area contributed by atoms with Gasteiger partial charge in [0, 0.05) is 18.3 Å². The molecule has 0 saturated carbocycles. The third kappa shape index (κ3) is 4.14. The molecule has 0 radical (unpaired) electrons. The molecule has 3 heterocycles. The van der Waals surface area contributed by atoms with Crippen molar-refractivity contribution in [3.05, 3.63) is 60.8 Å². The maximum absolute atomic E-state index is 5.88. The summed E-state index contributed by atoms with van der Waals surface area (Å²) in [7, 11) is 2.16. The van der Waals surface area contributed by atoms with E-state index in [1.54, 1.807) is 18.5 Å². The number of piperidine rings is 1. The number of ether oxygens (including phenoxy) is 1. The topological polar surface area (TPSA) is 56.1 Å². The lowest BCUT2D eigenvalue weighted by molar-refractivity contribution is 0.265. The molecule has 150 valence electrons. The molecule has 1 aliphatic rings. The maximum atomic E-state index is 5.88. The zero-order chi connectivity index (χ0) is 20.9. The highest BCUT2D eigenvalue weighted by molar-refractivity contribution is 6.04. The second-order valence-corrected chi connectivity index (χ2v) is 7.43. The van der Waals surface area contributed by atoms with Crippen LogP contribution in [0.4, 0.5) is 0 Å². The Kier molecular flexibility index (Phi) is 5.96. The van der Waals surface area contributed by atoms with Crippen molar-refractivity contribution in [2.45, 2.75) is 25.8 Å². The maximum Gasteiger partial charge on any atom is 0.185 e. The van der Waals surface area contributed by atoms with Gasteiger partial charge in [0.2, 0.25) is 0 Å². The molecule has 30 heavy (non-hydrogen) atoms. The quantitative estimate of drug-likeness (QED) is 0.287. The van der Waals surface area contributed by atoms with E-state index in [0.717, 1.165) is 54.0 Å². The number of nitrogens with zero attached hydrogens (tertiary/aromatic N) is 5. The Morgan fingerprint density at radius 1 is 1.33 bits per heavy atom. The fourth-order valence-corrected chi connectivity index (χ4v) is 3.82. The second kappa shape index (κ2) is 8.97. The predicted octanol–water partition coefficient (Wildman–Crippen LogP) is 3.15. The van der Waals surface area contributed by atoms with Crippen molar-refractivity contribution in [2.24, 2.45) is 0 Å². The average molecular weight is 397 g/mol. The molecule has 1 aromatic carbocycles. The third-order valence-electron chi connectivity index (χ3n) is 5.31. The third-order valence-corrected chi connectivity index (χ3v) is 5.31. The van der Waals surface area contributed by atoms with Crippen molar-refractivity contribution in [2.75, 3.05) is 13.1 Å². The van der Waals surface area contributed by atoms with E-state index >= 15 is 0 Å². The molecule has 0 aliphatic carbocycles. The Morgan fingerprint density at radius 3 is 2.90 bits per heavy atom. The second-order valence-electron chi connectivity index (χ2n) is 7.43. The molecule has 0 spiro atoms. The van der Waals surface area contributed by atoms with Crippen LogP contribution in [0.2, 0.25) is 0 Å². The number of terminal acetylenes is 1. The Balaban J connectivity index is 1.65. The molecule has 0 N–H and O–H groups in total. The van der Waals surface area contributed by atoms with Gasteiger partial charge >= 0.3 is 0 Å². The minimum Gasteiger partial charge on any atom is -0.458 e. The van der Waals surface area contributed by atoms with Crippen LogP contribution < -0.4 is 4.74 Å². The SMILES string of the molecule is BN1CCC[C@H](n2nc(-c3ccc(OC(/C=C\C#C)=C/C)cc3)c3cncnc32)C1. The summed E-state index contributed by atoms with van der Waals surface area (Å²) >= 11 is 0. The van der Waals surface area contributed by atoms with E-state index in [2.05, 4.69) is 33.4 Å². The summed E-state index contributed by atoms with van der Waals surface area (Å²) in [6.45, 7) is 4.01. The van der Waals surface area contributed by atoms with E-state index < -0.39 is 0 Å². The number of hydrogen-bond acceptors (Lipinski definition) is 5. The summed E-state index contributed by atoms with van der Waals surface area (Å²) in [5, 5.41) is 5.93. The summed E-state index contributed by atoms with van der Waals surface area (Å²) in [6, 6.07) is 8.22. The van der Waals surface area contributed by atoms with Crippen LogP contribution in [-0.4, -0.2) is 45.6 Å². The van der Waals surface area contributed by atoms with Gasteiger partial charge in [-0.25, -0.2) is 14.6 Å². The monoisotopic (exact) mass is 397 g/mol. The van der Waals surface area contributed by atoms with Crippen LogP contribution in [0.3, 0.4) is 0 Å². The van der Waals surface area contributed by atoms with E-state index in [0.29, 0.717) is 11.8 Å². The van der Waals surface area contributed by atoms with Gasteiger partial charge in [0.15, 0.2) is 13.6 Å². The molecule has 1 fully saturated rings. The fourth-order valence-electron chi connectivity index (χ4n) is 3.82. The van der Waals surface area contributed by atoms with E-state index in [4.69, 9.17) is 16.3 Å². The van der Waals surface area contributed by atoms with Crippen LogP contribution >= 0.6 is 0 Å². The van der Waals surface area contributed by atoms with Crippen LogP contribution in [0, 0.1) is 12.3 Å². The first-order valence-electron chi connectivity index (χ1n) is 10.1. The summed E-state index contributed by atoms with van der Waals surface area (Å²) in [5.41, 5.74) is 2.78. The minimum absolute atomic E-state index is 0.317. The zero-order valence-corrected chi connectivity index (χ0v) is 17.3. The van der Waals surface area contributed by atoms with Crippen molar-refractivity contribution >= 4 is 19.0 Å². The molecule has 1 saturated heterocycles. The lowest BCUT2D eigenvalue weighted by Crippen LogP contribution is -2.35. The van der Waals surface area contributed by atoms with E-state index in [1.807, 2.05) is 43.5 Å². The highest BCUT2D eigenvalue weighted by atomic mass is 16.5. The van der Waals surface area contributed by atoms with Crippen molar-refractivity contribution < 1.29 is 4.74 Å². The summed E-state index contributed by atoms with van der Waals surface area (Å²) in [6.07, 6.45) is 16.2. The molecule has 3 aromatic rings. The van der Waals surface area contributed by atoms with Gasteiger partial charge < -0.3 is 9.55 Å². The van der Waals surface area contributed by atoms with E-state index in [9.17, 15) is 0 Å². The number of benzene rings is 1. The Bertz CT molecular complexity index is 1130. The van der Waals surface area contributed by atoms with Gasteiger partial charge in [-0.05, 0) is 68.8 Å². The summed E-state index contributed by atoms with van der Waals surface area (Å²) in [4.78, 5) is 11.1. The standard InChI is InChI=1S/C23H24BN5O/c1-3-5-8-19(4-2)30-20-11-9-17(10-12-20)22-21-14-25-16-26-23(21)29(27-22)18-7-6-13-28(24)15-18/h1,4-5,8-12,14,16,18H,6-7,13,15,24H2,2H3/b8-5-,19-4+/t18-/m0/s1. The molecular weight excluding hydrogens is 373 g/mol. The normalized spacial score (nSPS) is 18.0. The first kappa shape index (κ1) is 19.9. The van der Waals surface area contributed by atoms with Gasteiger partial charge in [0.1, 0.15) is 23.5 Å². The van der Waals surface area contributed by atoms with Gasteiger partial charge in [-0.2, -0.15) is 5.10 Å². The van der Waals surface area contributed by atoms with Gasteiger partial charge in [0.25, 0.3) is 0 Å². The molecule has 0 bridgehead atoms. The first-order valence-corrected chi connectivity index (χ1v) is 10.1. The van der Waals surface area contributed by atoms with Crippen molar-refractivity contribution in [1.82, 2.24) is 24.6 Å². The molecular formula is C23H24BN5O. The smallest absolute Gasteiger partial charge is 0.185 e. The molecule has 4 rings (SSSR count). The van der Waals surface area contributed by atoms with Crippen LogP contribution in [-0.2, 0) is 0 Å². The fraction of sp³-hybridized carbons (Fsp3) is 0.261. The molecule has 0 amide bonds. The summed E-state index contributed by atoms with van der Waals surface area (Å²) < 4.78 is 7.96.